The second-order valence-corrected chi connectivity index (χ2v) is 4.68. The van der Waals surface area contributed by atoms with Crippen LogP contribution in [0.4, 0.5) is 0 Å². The number of hydrogen-bond donors (Lipinski definition) is 2. The molecule has 0 saturated heterocycles. The fourth-order valence-corrected chi connectivity index (χ4v) is 1.95. The maximum absolute atomic E-state index is 8.76. The average molecular weight is 246 g/mol. The topological polar surface area (TPSA) is 40.5 Å². The summed E-state index contributed by atoms with van der Waals surface area (Å²) >= 11 is 1.73. The fourth-order valence-electron chi connectivity index (χ4n) is 1.71. The standard InChI is InChI=1S/C7H14O2.C4H8S.C2H4/c8-4-6-2-1-3-7(6)5-9;1-3-5-4-2;1-2/h6-9H,1-5H2;3H,1,4H2,2H3;1-2H2. The molecule has 0 radical (unpaired) electrons. The highest BCUT2D eigenvalue weighted by Crippen LogP contribution is 2.30. The number of rotatable bonds is 4. The van der Waals surface area contributed by atoms with Crippen LogP contribution >= 0.6 is 11.8 Å². The monoisotopic (exact) mass is 246 g/mol. The van der Waals surface area contributed by atoms with E-state index in [2.05, 4.69) is 26.7 Å². The van der Waals surface area contributed by atoms with Crippen LogP contribution in [0.25, 0.3) is 0 Å². The highest BCUT2D eigenvalue weighted by Gasteiger charge is 2.25. The van der Waals surface area contributed by atoms with Crippen LogP contribution in [0.3, 0.4) is 0 Å². The van der Waals surface area contributed by atoms with E-state index in [-0.39, 0.29) is 13.2 Å². The molecule has 1 rings (SSSR count). The Morgan fingerprint density at radius 3 is 1.81 bits per heavy atom. The van der Waals surface area contributed by atoms with Gasteiger partial charge in [0.15, 0.2) is 0 Å². The minimum absolute atomic E-state index is 0.255. The lowest BCUT2D eigenvalue weighted by molar-refractivity contribution is 0.141. The first-order chi connectivity index (χ1) is 7.79. The molecule has 2 unspecified atom stereocenters. The molecule has 0 spiro atoms. The van der Waals surface area contributed by atoms with Crippen molar-refractivity contribution in [3.63, 3.8) is 0 Å². The maximum atomic E-state index is 8.76. The highest BCUT2D eigenvalue weighted by atomic mass is 32.2. The summed E-state index contributed by atoms with van der Waals surface area (Å²) in [4.78, 5) is 0. The van der Waals surface area contributed by atoms with Gasteiger partial charge in [0.2, 0.25) is 0 Å². The second kappa shape index (κ2) is 14.8. The van der Waals surface area contributed by atoms with Crippen molar-refractivity contribution in [3.05, 3.63) is 25.1 Å². The Morgan fingerprint density at radius 2 is 1.62 bits per heavy atom. The summed E-state index contributed by atoms with van der Waals surface area (Å²) in [5.74, 6) is 1.91. The molecule has 0 aromatic carbocycles. The van der Waals surface area contributed by atoms with Gasteiger partial charge >= 0.3 is 0 Å². The van der Waals surface area contributed by atoms with E-state index in [9.17, 15) is 0 Å². The molecule has 2 atom stereocenters. The Bertz CT molecular complexity index is 141. The van der Waals surface area contributed by atoms with E-state index in [0.29, 0.717) is 11.8 Å². The van der Waals surface area contributed by atoms with Crippen molar-refractivity contribution in [1.82, 2.24) is 0 Å². The lowest BCUT2D eigenvalue weighted by Gasteiger charge is -2.12. The van der Waals surface area contributed by atoms with Gasteiger partial charge in [-0.25, -0.2) is 0 Å². The average Bonchev–Trinajstić information content (AvgIpc) is 2.80. The molecule has 0 aromatic rings. The Morgan fingerprint density at radius 1 is 1.19 bits per heavy atom. The van der Waals surface area contributed by atoms with E-state index < -0.39 is 0 Å². The van der Waals surface area contributed by atoms with Crippen molar-refractivity contribution in [2.45, 2.75) is 26.2 Å². The van der Waals surface area contributed by atoms with Gasteiger partial charge in [0.1, 0.15) is 0 Å². The van der Waals surface area contributed by atoms with Crippen molar-refractivity contribution in [2.24, 2.45) is 11.8 Å². The molecule has 3 heteroatoms. The van der Waals surface area contributed by atoms with Crippen LogP contribution < -0.4 is 0 Å². The molecular weight excluding hydrogens is 220 g/mol. The van der Waals surface area contributed by atoms with Gasteiger partial charge < -0.3 is 10.2 Å². The molecule has 0 amide bonds. The summed E-state index contributed by atoms with van der Waals surface area (Å²) in [6.45, 7) is 12.1. The third kappa shape index (κ3) is 9.01. The molecule has 0 heterocycles. The smallest absolute Gasteiger partial charge is 0.0462 e. The summed E-state index contributed by atoms with van der Waals surface area (Å²) in [6.07, 6.45) is 3.37. The molecule has 0 aliphatic heterocycles. The van der Waals surface area contributed by atoms with Crippen molar-refractivity contribution < 1.29 is 10.2 Å². The third-order valence-electron chi connectivity index (χ3n) is 2.57. The van der Waals surface area contributed by atoms with Crippen molar-refractivity contribution in [3.8, 4) is 0 Å². The van der Waals surface area contributed by atoms with Gasteiger partial charge in [-0.2, -0.15) is 0 Å². The summed E-state index contributed by atoms with van der Waals surface area (Å²) in [5.41, 5.74) is 0. The zero-order chi connectivity index (χ0) is 12.8. The predicted molar refractivity (Wildman–Crippen MR) is 74.6 cm³/mol. The quantitative estimate of drug-likeness (QED) is 0.749. The molecule has 2 N–H and O–H groups in total. The molecule has 1 aliphatic carbocycles. The third-order valence-corrected chi connectivity index (χ3v) is 3.14. The fraction of sp³-hybridized carbons (Fsp3) is 0.692. The van der Waals surface area contributed by atoms with E-state index in [1.165, 1.54) is 6.42 Å². The Hall–Kier alpha value is -0.250. The second-order valence-electron chi connectivity index (χ2n) is 3.44. The molecule has 0 aromatic heterocycles. The number of hydrogen-bond acceptors (Lipinski definition) is 3. The van der Waals surface area contributed by atoms with Gasteiger partial charge in [0, 0.05) is 13.2 Å². The first-order valence-electron chi connectivity index (χ1n) is 5.74. The molecule has 1 fully saturated rings. The minimum Gasteiger partial charge on any atom is -0.396 e. The molecule has 96 valence electrons. The Labute approximate surface area is 104 Å². The van der Waals surface area contributed by atoms with Crippen molar-refractivity contribution in [2.75, 3.05) is 19.0 Å². The van der Waals surface area contributed by atoms with Gasteiger partial charge in [0.25, 0.3) is 0 Å². The van der Waals surface area contributed by atoms with Gasteiger partial charge in [-0.1, -0.05) is 19.9 Å². The molecule has 2 nitrogen and oxygen atoms in total. The van der Waals surface area contributed by atoms with E-state index in [1.807, 2.05) is 5.41 Å². The van der Waals surface area contributed by atoms with E-state index in [0.717, 1.165) is 18.6 Å². The van der Waals surface area contributed by atoms with Crippen LogP contribution in [0.1, 0.15) is 26.2 Å². The van der Waals surface area contributed by atoms with Gasteiger partial charge in [-0.05, 0) is 35.8 Å². The number of aliphatic hydroxyl groups is 2. The normalized spacial score (nSPS) is 22.4. The maximum Gasteiger partial charge on any atom is 0.0462 e. The van der Waals surface area contributed by atoms with Crippen molar-refractivity contribution >= 4 is 11.8 Å². The summed E-state index contributed by atoms with van der Waals surface area (Å²) < 4.78 is 0. The molecular formula is C13H26O2S. The SMILES string of the molecule is C=C.C=CSCC.OCC1CCCC1CO. The van der Waals surface area contributed by atoms with Crippen LogP contribution in [-0.4, -0.2) is 29.2 Å². The zero-order valence-corrected chi connectivity index (χ0v) is 11.2. The first-order valence-corrected chi connectivity index (χ1v) is 6.79. The van der Waals surface area contributed by atoms with Crippen molar-refractivity contribution in [1.29, 1.82) is 0 Å². The summed E-state index contributed by atoms with van der Waals surface area (Å²) in [7, 11) is 0. The van der Waals surface area contributed by atoms with Crippen LogP contribution in [-0.2, 0) is 0 Å². The molecule has 1 saturated carbocycles. The van der Waals surface area contributed by atoms with Crippen LogP contribution in [0.2, 0.25) is 0 Å². The highest BCUT2D eigenvalue weighted by molar-refractivity contribution is 8.02. The van der Waals surface area contributed by atoms with E-state index in [4.69, 9.17) is 10.2 Å². The lowest BCUT2D eigenvalue weighted by Crippen LogP contribution is -2.15. The van der Waals surface area contributed by atoms with Crippen LogP contribution in [0.5, 0.6) is 0 Å². The van der Waals surface area contributed by atoms with Gasteiger partial charge in [0.05, 0.1) is 0 Å². The number of aliphatic hydroxyl groups excluding tert-OH is 2. The van der Waals surface area contributed by atoms with Crippen LogP contribution in [0.15, 0.2) is 25.1 Å². The zero-order valence-electron chi connectivity index (χ0n) is 10.4. The van der Waals surface area contributed by atoms with Gasteiger partial charge in [-0.15, -0.1) is 24.9 Å². The summed E-state index contributed by atoms with van der Waals surface area (Å²) in [5, 5.41) is 19.4. The number of thioether (sulfide) groups is 1. The first kappa shape index (κ1) is 18.1. The Balaban J connectivity index is 0. The molecule has 0 bridgehead atoms. The molecule has 16 heavy (non-hydrogen) atoms. The largest absolute Gasteiger partial charge is 0.396 e. The Kier molecular flexibility index (Phi) is 16.7. The van der Waals surface area contributed by atoms with E-state index in [1.54, 1.807) is 11.8 Å². The summed E-state index contributed by atoms with van der Waals surface area (Å²) in [6, 6.07) is 0. The van der Waals surface area contributed by atoms with Gasteiger partial charge in [-0.3, -0.25) is 0 Å². The molecule has 1 aliphatic rings. The lowest BCUT2D eigenvalue weighted by atomic mass is 9.98. The van der Waals surface area contributed by atoms with Crippen LogP contribution in [0, 0.1) is 11.8 Å². The predicted octanol–water partition coefficient (Wildman–Crippen LogP) is 3.07. The van der Waals surface area contributed by atoms with E-state index >= 15 is 0 Å². The minimum atomic E-state index is 0.255.